The molecule has 1 unspecified atom stereocenters. The minimum Gasteiger partial charge on any atom is -0.380 e. The summed E-state index contributed by atoms with van der Waals surface area (Å²) >= 11 is 0. The minimum absolute atomic E-state index is 0.122. The molecular formula is C15H20N2O. The predicted molar refractivity (Wildman–Crippen MR) is 73.6 cm³/mol. The molecule has 3 rings (SSSR count). The smallest absolute Gasteiger partial charge is 0.0645 e. The number of aromatic amines is 1. The van der Waals surface area contributed by atoms with E-state index in [4.69, 9.17) is 4.74 Å². The Morgan fingerprint density at radius 3 is 3.17 bits per heavy atom. The van der Waals surface area contributed by atoms with Gasteiger partial charge in [-0.05, 0) is 37.5 Å². The highest BCUT2D eigenvalue weighted by Crippen LogP contribution is 2.21. The van der Waals surface area contributed by atoms with Gasteiger partial charge in [-0.1, -0.05) is 12.1 Å². The molecule has 1 aromatic carbocycles. The van der Waals surface area contributed by atoms with Crippen LogP contribution in [0.4, 0.5) is 0 Å². The first-order chi connectivity index (χ1) is 8.77. The maximum absolute atomic E-state index is 5.58. The number of nitrogens with one attached hydrogen (secondary N) is 2. The summed E-state index contributed by atoms with van der Waals surface area (Å²) in [5.74, 6) is 0. The quantitative estimate of drug-likeness (QED) is 0.871. The van der Waals surface area contributed by atoms with Gasteiger partial charge in [0.2, 0.25) is 0 Å². The molecule has 3 nitrogen and oxygen atoms in total. The lowest BCUT2D eigenvalue weighted by atomic mass is 9.94. The van der Waals surface area contributed by atoms with E-state index in [2.05, 4.69) is 41.5 Å². The van der Waals surface area contributed by atoms with Crippen LogP contribution in [0.3, 0.4) is 0 Å². The molecule has 96 valence electrons. The van der Waals surface area contributed by atoms with Crippen molar-refractivity contribution in [3.63, 3.8) is 0 Å². The van der Waals surface area contributed by atoms with E-state index < -0.39 is 0 Å². The Bertz CT molecular complexity index is 526. The van der Waals surface area contributed by atoms with E-state index in [1.807, 2.05) is 6.20 Å². The van der Waals surface area contributed by atoms with Crippen LogP contribution in [-0.2, 0) is 11.3 Å². The largest absolute Gasteiger partial charge is 0.380 e. The molecule has 0 bridgehead atoms. The molecule has 1 atom stereocenters. The fourth-order valence-corrected chi connectivity index (χ4v) is 2.69. The third-order valence-corrected chi connectivity index (χ3v) is 3.83. The van der Waals surface area contributed by atoms with Crippen LogP contribution >= 0.6 is 0 Å². The van der Waals surface area contributed by atoms with Crippen LogP contribution in [0.1, 0.15) is 25.3 Å². The van der Waals surface area contributed by atoms with E-state index in [9.17, 15) is 0 Å². The first kappa shape index (κ1) is 11.8. The van der Waals surface area contributed by atoms with E-state index in [1.54, 1.807) is 0 Å². The summed E-state index contributed by atoms with van der Waals surface area (Å²) in [7, 11) is 0. The molecule has 0 saturated carbocycles. The number of ether oxygens (including phenoxy) is 1. The van der Waals surface area contributed by atoms with Crippen LogP contribution in [0.5, 0.6) is 0 Å². The first-order valence-corrected chi connectivity index (χ1v) is 6.65. The molecule has 0 radical (unpaired) electrons. The van der Waals surface area contributed by atoms with Crippen molar-refractivity contribution in [3.05, 3.63) is 36.0 Å². The molecule has 1 aromatic heterocycles. The average Bonchev–Trinajstić information content (AvgIpc) is 2.86. The van der Waals surface area contributed by atoms with Gasteiger partial charge in [-0.2, -0.15) is 0 Å². The zero-order valence-corrected chi connectivity index (χ0v) is 10.8. The van der Waals surface area contributed by atoms with Crippen molar-refractivity contribution in [2.24, 2.45) is 0 Å². The van der Waals surface area contributed by atoms with Gasteiger partial charge in [-0.25, -0.2) is 0 Å². The number of rotatable bonds is 3. The highest BCUT2D eigenvalue weighted by Gasteiger charge is 2.26. The number of aromatic nitrogens is 1. The fraction of sp³-hybridized carbons (Fsp3) is 0.467. The number of fused-ring (bicyclic) bond motifs is 1. The van der Waals surface area contributed by atoms with E-state index in [0.717, 1.165) is 26.2 Å². The van der Waals surface area contributed by atoms with Gasteiger partial charge in [-0.3, -0.25) is 0 Å². The van der Waals surface area contributed by atoms with Crippen molar-refractivity contribution in [3.8, 4) is 0 Å². The summed E-state index contributed by atoms with van der Waals surface area (Å²) in [4.78, 5) is 3.25. The Kier molecular flexibility index (Phi) is 3.10. The van der Waals surface area contributed by atoms with Crippen LogP contribution in [0.25, 0.3) is 10.9 Å². The summed E-state index contributed by atoms with van der Waals surface area (Å²) < 4.78 is 5.58. The van der Waals surface area contributed by atoms with Crippen molar-refractivity contribution in [1.82, 2.24) is 10.3 Å². The second kappa shape index (κ2) is 4.75. The SMILES string of the molecule is CC1(NCc2cccc3[nH]ccc23)CCCOC1. The van der Waals surface area contributed by atoms with Gasteiger partial charge in [0.25, 0.3) is 0 Å². The summed E-state index contributed by atoms with van der Waals surface area (Å²) in [6.45, 7) is 4.87. The van der Waals surface area contributed by atoms with Gasteiger partial charge in [0.1, 0.15) is 0 Å². The normalized spacial score (nSPS) is 24.5. The molecule has 1 saturated heterocycles. The second-order valence-electron chi connectivity index (χ2n) is 5.43. The molecule has 2 aromatic rings. The van der Waals surface area contributed by atoms with Crippen LogP contribution in [0.2, 0.25) is 0 Å². The van der Waals surface area contributed by atoms with Crippen molar-refractivity contribution < 1.29 is 4.74 Å². The fourth-order valence-electron chi connectivity index (χ4n) is 2.69. The van der Waals surface area contributed by atoms with E-state index >= 15 is 0 Å². The van der Waals surface area contributed by atoms with E-state index in [0.29, 0.717) is 0 Å². The summed E-state index contributed by atoms with van der Waals surface area (Å²) in [5, 5.41) is 4.97. The average molecular weight is 244 g/mol. The van der Waals surface area contributed by atoms with Crippen molar-refractivity contribution in [1.29, 1.82) is 0 Å². The highest BCUT2D eigenvalue weighted by molar-refractivity contribution is 5.82. The van der Waals surface area contributed by atoms with Gasteiger partial charge in [0.15, 0.2) is 0 Å². The Morgan fingerprint density at radius 2 is 2.33 bits per heavy atom. The molecule has 18 heavy (non-hydrogen) atoms. The first-order valence-electron chi connectivity index (χ1n) is 6.65. The van der Waals surface area contributed by atoms with Gasteiger partial charge < -0.3 is 15.0 Å². The molecule has 2 N–H and O–H groups in total. The monoisotopic (exact) mass is 244 g/mol. The Morgan fingerprint density at radius 1 is 1.39 bits per heavy atom. The lowest BCUT2D eigenvalue weighted by Crippen LogP contribution is -2.48. The lowest BCUT2D eigenvalue weighted by Gasteiger charge is -2.34. The Hall–Kier alpha value is -1.32. The van der Waals surface area contributed by atoms with Gasteiger partial charge in [-0.15, -0.1) is 0 Å². The van der Waals surface area contributed by atoms with Gasteiger partial charge in [0, 0.05) is 35.8 Å². The van der Waals surface area contributed by atoms with Crippen molar-refractivity contribution >= 4 is 10.9 Å². The molecule has 3 heteroatoms. The zero-order chi connectivity index (χ0) is 12.4. The summed E-state index contributed by atoms with van der Waals surface area (Å²) in [5.41, 5.74) is 2.68. The maximum Gasteiger partial charge on any atom is 0.0645 e. The lowest BCUT2D eigenvalue weighted by molar-refractivity contribution is 0.0278. The summed E-state index contributed by atoms with van der Waals surface area (Å²) in [6.07, 6.45) is 4.34. The van der Waals surface area contributed by atoms with Crippen LogP contribution in [0.15, 0.2) is 30.5 Å². The third-order valence-electron chi connectivity index (χ3n) is 3.83. The Labute approximate surface area is 108 Å². The molecule has 0 amide bonds. The van der Waals surface area contributed by atoms with Gasteiger partial charge in [0.05, 0.1) is 6.61 Å². The zero-order valence-electron chi connectivity index (χ0n) is 10.8. The van der Waals surface area contributed by atoms with Crippen molar-refractivity contribution in [2.45, 2.75) is 31.8 Å². The maximum atomic E-state index is 5.58. The number of hydrogen-bond acceptors (Lipinski definition) is 2. The molecule has 2 heterocycles. The minimum atomic E-state index is 0.122. The number of H-pyrrole nitrogens is 1. The molecular weight excluding hydrogens is 224 g/mol. The molecule has 1 aliphatic rings. The summed E-state index contributed by atoms with van der Waals surface area (Å²) in [6, 6.07) is 8.56. The molecule has 1 fully saturated rings. The third kappa shape index (κ3) is 2.28. The molecule has 0 aliphatic carbocycles. The highest BCUT2D eigenvalue weighted by atomic mass is 16.5. The predicted octanol–water partition coefficient (Wildman–Crippen LogP) is 2.83. The van der Waals surface area contributed by atoms with Crippen LogP contribution in [-0.4, -0.2) is 23.7 Å². The molecule has 1 aliphatic heterocycles. The van der Waals surface area contributed by atoms with E-state index in [-0.39, 0.29) is 5.54 Å². The van der Waals surface area contributed by atoms with Crippen molar-refractivity contribution in [2.75, 3.05) is 13.2 Å². The van der Waals surface area contributed by atoms with Gasteiger partial charge >= 0.3 is 0 Å². The Balaban J connectivity index is 1.74. The topological polar surface area (TPSA) is 37.0 Å². The molecule has 0 spiro atoms. The van der Waals surface area contributed by atoms with Crippen LogP contribution in [0, 0.1) is 0 Å². The number of hydrogen-bond donors (Lipinski definition) is 2. The second-order valence-corrected chi connectivity index (χ2v) is 5.43. The van der Waals surface area contributed by atoms with Crippen LogP contribution < -0.4 is 5.32 Å². The van der Waals surface area contributed by atoms with E-state index in [1.165, 1.54) is 22.9 Å². The standard InChI is InChI=1S/C15H20N2O/c1-15(7-3-9-18-11-15)17-10-12-4-2-5-14-13(12)6-8-16-14/h2,4-6,8,16-17H,3,7,9-11H2,1H3. The number of benzene rings is 1.